The van der Waals surface area contributed by atoms with Gasteiger partial charge in [0.25, 0.3) is 0 Å². The van der Waals surface area contributed by atoms with Crippen molar-refractivity contribution >= 4 is 0 Å². The van der Waals surface area contributed by atoms with Gasteiger partial charge in [-0.3, -0.25) is 0 Å². The maximum absolute atomic E-state index is 11.0. The summed E-state index contributed by atoms with van der Waals surface area (Å²) < 4.78 is 0. The predicted octanol–water partition coefficient (Wildman–Crippen LogP) is 6.11. The van der Waals surface area contributed by atoms with Crippen LogP contribution < -0.4 is 0 Å². The zero-order valence-electron chi connectivity index (χ0n) is 19.7. The lowest BCUT2D eigenvalue weighted by Gasteiger charge is -2.60. The van der Waals surface area contributed by atoms with E-state index in [4.69, 9.17) is 0 Å². The number of aryl methyl sites for hydroxylation is 1. The molecule has 172 valence electrons. The number of benzene rings is 1. The first kappa shape index (κ1) is 22.9. The van der Waals surface area contributed by atoms with E-state index in [0.717, 1.165) is 64.2 Å². The molecular weight excluding hydrogens is 384 g/mol. The molecule has 0 bridgehead atoms. The van der Waals surface area contributed by atoms with Crippen molar-refractivity contribution in [3.05, 3.63) is 42.0 Å². The van der Waals surface area contributed by atoms with Gasteiger partial charge in [0, 0.05) is 0 Å². The van der Waals surface area contributed by atoms with Crippen molar-refractivity contribution < 1.29 is 15.3 Å². The molecule has 0 saturated heterocycles. The first-order chi connectivity index (χ1) is 14.6. The van der Waals surface area contributed by atoms with Crippen LogP contribution in [0.5, 0.6) is 5.75 Å². The summed E-state index contributed by atoms with van der Waals surface area (Å²) in [4.78, 5) is 0. The molecule has 0 radical (unpaired) electrons. The Balaban J connectivity index is 1.64. The van der Waals surface area contributed by atoms with Gasteiger partial charge in [0.15, 0.2) is 0 Å². The summed E-state index contributed by atoms with van der Waals surface area (Å²) in [5.41, 5.74) is 2.13. The van der Waals surface area contributed by atoms with Crippen LogP contribution in [0.1, 0.15) is 95.6 Å². The Kier molecular flexibility index (Phi) is 6.07. The zero-order chi connectivity index (χ0) is 22.4. The Morgan fingerprint density at radius 1 is 1.19 bits per heavy atom. The number of aliphatic hydroxyl groups is 2. The summed E-state index contributed by atoms with van der Waals surface area (Å²) in [6, 6.07) is 6.00. The molecule has 2 fully saturated rings. The molecule has 0 aliphatic heterocycles. The van der Waals surface area contributed by atoms with E-state index in [9.17, 15) is 15.3 Å². The number of allylic oxidation sites excluding steroid dienone is 1. The molecule has 0 amide bonds. The third-order valence-corrected chi connectivity index (χ3v) is 9.22. The molecule has 3 heteroatoms. The number of aromatic hydroxyl groups is 1. The van der Waals surface area contributed by atoms with Gasteiger partial charge < -0.3 is 15.3 Å². The van der Waals surface area contributed by atoms with E-state index in [0.29, 0.717) is 23.5 Å². The zero-order valence-corrected chi connectivity index (χ0v) is 19.7. The summed E-state index contributed by atoms with van der Waals surface area (Å²) in [7, 11) is 0. The highest BCUT2D eigenvalue weighted by molar-refractivity contribution is 5.43. The van der Waals surface area contributed by atoms with E-state index in [1.165, 1.54) is 11.1 Å². The van der Waals surface area contributed by atoms with E-state index in [1.54, 1.807) is 0 Å². The van der Waals surface area contributed by atoms with Crippen LogP contribution in [0.3, 0.4) is 0 Å². The normalized spacial score (nSPS) is 37.1. The quantitative estimate of drug-likeness (QED) is 0.364. The molecule has 31 heavy (non-hydrogen) atoms. The Labute approximate surface area is 188 Å². The summed E-state index contributed by atoms with van der Waals surface area (Å²) in [5, 5.41) is 31.2. The van der Waals surface area contributed by atoms with Gasteiger partial charge in [-0.05, 0) is 111 Å². The van der Waals surface area contributed by atoms with Gasteiger partial charge in [-0.1, -0.05) is 38.3 Å². The average Bonchev–Trinajstić information content (AvgIpc) is 3.01. The number of fused-ring (bicyclic) bond motifs is 5. The SMILES string of the molecule is C=CC12CCc3cc(O)ccc3[C@H]1[C@@H](CCCCCC(C)(C)O)C[C@]1(C)[C@@H](O)CC[C@@H]21. The molecule has 0 spiro atoms. The lowest BCUT2D eigenvalue weighted by atomic mass is 9.44. The van der Waals surface area contributed by atoms with Gasteiger partial charge in [0.1, 0.15) is 5.75 Å². The van der Waals surface area contributed by atoms with Crippen molar-refractivity contribution in [1.29, 1.82) is 0 Å². The van der Waals surface area contributed by atoms with Gasteiger partial charge in [-0.15, -0.1) is 6.58 Å². The van der Waals surface area contributed by atoms with Crippen LogP contribution in [0.25, 0.3) is 0 Å². The van der Waals surface area contributed by atoms with Crippen LogP contribution in [0, 0.1) is 22.7 Å². The Morgan fingerprint density at radius 2 is 1.97 bits per heavy atom. The largest absolute Gasteiger partial charge is 0.508 e. The topological polar surface area (TPSA) is 60.7 Å². The molecule has 6 atom stereocenters. The highest BCUT2D eigenvalue weighted by Gasteiger charge is 2.63. The molecule has 3 aliphatic rings. The van der Waals surface area contributed by atoms with Crippen molar-refractivity contribution in [3.63, 3.8) is 0 Å². The molecule has 1 aromatic carbocycles. The summed E-state index contributed by atoms with van der Waals surface area (Å²) >= 11 is 0. The second kappa shape index (κ2) is 8.23. The summed E-state index contributed by atoms with van der Waals surface area (Å²) in [6.45, 7) is 10.5. The maximum Gasteiger partial charge on any atom is 0.115 e. The molecule has 4 rings (SSSR count). The van der Waals surface area contributed by atoms with E-state index in [2.05, 4.69) is 25.6 Å². The Bertz CT molecular complexity index is 809. The summed E-state index contributed by atoms with van der Waals surface area (Å²) in [5.74, 6) is 1.78. The molecule has 0 aromatic heterocycles. The highest BCUT2D eigenvalue weighted by atomic mass is 16.3. The van der Waals surface area contributed by atoms with E-state index in [1.807, 2.05) is 26.0 Å². The van der Waals surface area contributed by atoms with Gasteiger partial charge in [0.2, 0.25) is 0 Å². The lowest BCUT2D eigenvalue weighted by molar-refractivity contribution is -0.0812. The highest BCUT2D eigenvalue weighted by Crippen LogP contribution is 2.69. The first-order valence-electron chi connectivity index (χ1n) is 12.5. The van der Waals surface area contributed by atoms with Crippen LogP contribution in [0.4, 0.5) is 0 Å². The van der Waals surface area contributed by atoms with Crippen LogP contribution in [0.15, 0.2) is 30.9 Å². The van der Waals surface area contributed by atoms with Crippen molar-refractivity contribution in [1.82, 2.24) is 0 Å². The number of rotatable bonds is 7. The molecule has 1 aromatic rings. The predicted molar refractivity (Wildman–Crippen MR) is 126 cm³/mol. The second-order valence-electron chi connectivity index (χ2n) is 11.7. The van der Waals surface area contributed by atoms with Crippen molar-refractivity contribution in [2.45, 2.75) is 103 Å². The molecule has 1 unspecified atom stereocenters. The van der Waals surface area contributed by atoms with Gasteiger partial charge in [0.05, 0.1) is 11.7 Å². The number of hydrogen-bond donors (Lipinski definition) is 3. The third-order valence-electron chi connectivity index (χ3n) is 9.22. The monoisotopic (exact) mass is 426 g/mol. The van der Waals surface area contributed by atoms with Crippen LogP contribution in [-0.4, -0.2) is 27.0 Å². The molecule has 3 nitrogen and oxygen atoms in total. The second-order valence-corrected chi connectivity index (χ2v) is 11.7. The standard InChI is InChI=1S/C28H42O3/c1-5-28-16-14-19-17-21(29)10-11-22(19)25(28)20(9-7-6-8-15-26(2,3)31)18-27(4)23(28)12-13-24(27)30/h5,10-11,17,20,23-25,29-31H,1,6-9,12-16,18H2,2-4H3/t20-,23+,24-,25+,27-,28?/m0/s1. The minimum Gasteiger partial charge on any atom is -0.508 e. The fourth-order valence-corrected chi connectivity index (χ4v) is 7.83. The van der Waals surface area contributed by atoms with Gasteiger partial charge in [-0.2, -0.15) is 0 Å². The lowest BCUT2D eigenvalue weighted by Crippen LogP contribution is -2.54. The molecule has 0 heterocycles. The first-order valence-corrected chi connectivity index (χ1v) is 12.5. The number of aliphatic hydroxyl groups excluding tert-OH is 1. The molecule has 2 saturated carbocycles. The molecule has 3 N–H and O–H groups in total. The van der Waals surface area contributed by atoms with E-state index < -0.39 is 5.60 Å². The van der Waals surface area contributed by atoms with Gasteiger partial charge in [-0.25, -0.2) is 0 Å². The van der Waals surface area contributed by atoms with E-state index >= 15 is 0 Å². The fourth-order valence-electron chi connectivity index (χ4n) is 7.83. The Morgan fingerprint density at radius 3 is 2.68 bits per heavy atom. The van der Waals surface area contributed by atoms with Crippen LogP contribution >= 0.6 is 0 Å². The van der Waals surface area contributed by atoms with Crippen molar-refractivity contribution in [2.75, 3.05) is 0 Å². The van der Waals surface area contributed by atoms with Crippen molar-refractivity contribution in [3.8, 4) is 5.75 Å². The van der Waals surface area contributed by atoms with Crippen molar-refractivity contribution in [2.24, 2.45) is 22.7 Å². The van der Waals surface area contributed by atoms with Crippen LogP contribution in [0.2, 0.25) is 0 Å². The number of unbranched alkanes of at least 4 members (excludes halogenated alkanes) is 2. The fraction of sp³-hybridized carbons (Fsp3) is 0.714. The summed E-state index contributed by atoms with van der Waals surface area (Å²) in [6.07, 6.45) is 12.5. The van der Waals surface area contributed by atoms with Gasteiger partial charge >= 0.3 is 0 Å². The maximum atomic E-state index is 11.0. The molecular formula is C28H42O3. The minimum absolute atomic E-state index is 0.0309. The minimum atomic E-state index is -0.582. The Hall–Kier alpha value is -1.32. The third kappa shape index (κ3) is 3.97. The number of hydrogen-bond acceptors (Lipinski definition) is 3. The number of phenolic OH excluding ortho intramolecular Hbond substituents is 1. The number of phenols is 1. The van der Waals surface area contributed by atoms with E-state index in [-0.39, 0.29) is 16.9 Å². The molecule has 3 aliphatic carbocycles. The van der Waals surface area contributed by atoms with Crippen LogP contribution in [-0.2, 0) is 6.42 Å². The average molecular weight is 427 g/mol. The smallest absolute Gasteiger partial charge is 0.115 e.